The average molecular weight is 443 g/mol. The van der Waals surface area contributed by atoms with Crippen molar-refractivity contribution < 1.29 is 14.7 Å². The topological polar surface area (TPSA) is 54.4 Å². The molecular formula is C21H31BrO3S. The Morgan fingerprint density at radius 2 is 1.88 bits per heavy atom. The van der Waals surface area contributed by atoms with Crippen LogP contribution in [0.2, 0.25) is 0 Å². The molecule has 0 aliphatic heterocycles. The summed E-state index contributed by atoms with van der Waals surface area (Å²) in [6.45, 7) is 6.26. The zero-order valence-corrected chi connectivity index (χ0v) is 18.4. The number of aliphatic hydroxyl groups is 1. The zero-order chi connectivity index (χ0) is 18.9. The molecule has 5 unspecified atom stereocenters. The molecular weight excluding hydrogens is 412 g/mol. The molecule has 1 N–H and O–H groups in total. The number of fused-ring (bicyclic) bond motifs is 5. The predicted octanol–water partition coefficient (Wildman–Crippen LogP) is 4.59. The third kappa shape index (κ3) is 2.78. The Morgan fingerprint density at radius 1 is 1.15 bits per heavy atom. The van der Waals surface area contributed by atoms with E-state index in [-0.39, 0.29) is 32.8 Å². The second-order valence-corrected chi connectivity index (χ2v) is 12.4. The third-order valence-corrected chi connectivity index (χ3v) is 10.5. The molecule has 0 saturated heterocycles. The molecule has 5 heteroatoms. The molecule has 3 nitrogen and oxygen atoms in total. The molecule has 26 heavy (non-hydrogen) atoms. The molecule has 0 aromatic heterocycles. The number of rotatable bonds is 1. The van der Waals surface area contributed by atoms with Crippen molar-refractivity contribution >= 4 is 38.6 Å². The normalized spacial score (nSPS) is 53.6. The van der Waals surface area contributed by atoms with Crippen molar-refractivity contribution in [3.8, 4) is 0 Å². The number of thioether (sulfide) groups is 1. The van der Waals surface area contributed by atoms with Crippen molar-refractivity contribution in [1.82, 2.24) is 0 Å². The van der Waals surface area contributed by atoms with Crippen LogP contribution in [0.1, 0.15) is 65.7 Å². The number of hydrogen-bond acceptors (Lipinski definition) is 4. The van der Waals surface area contributed by atoms with Crippen molar-refractivity contribution in [1.29, 1.82) is 0 Å². The summed E-state index contributed by atoms with van der Waals surface area (Å²) in [5.74, 6) is 1.96. The van der Waals surface area contributed by atoms with Crippen molar-refractivity contribution in [2.45, 2.75) is 81.9 Å². The minimum Gasteiger partial charge on any atom is -0.393 e. The van der Waals surface area contributed by atoms with Gasteiger partial charge in [-0.3, -0.25) is 9.59 Å². The molecule has 4 fully saturated rings. The highest BCUT2D eigenvalue weighted by Gasteiger charge is 2.64. The van der Waals surface area contributed by atoms with Gasteiger partial charge in [0.1, 0.15) is 0 Å². The molecule has 0 spiro atoms. The van der Waals surface area contributed by atoms with Crippen LogP contribution in [-0.2, 0) is 9.59 Å². The maximum absolute atomic E-state index is 12.8. The predicted molar refractivity (Wildman–Crippen MR) is 108 cm³/mol. The minimum absolute atomic E-state index is 0.0308. The summed E-state index contributed by atoms with van der Waals surface area (Å²) in [6.07, 6.45) is 6.80. The average Bonchev–Trinajstić information content (AvgIpc) is 2.79. The fraction of sp³-hybridized carbons (Fsp3) is 0.905. The molecule has 146 valence electrons. The Kier molecular flexibility index (Phi) is 4.93. The first kappa shape index (κ1) is 19.4. The first-order valence-corrected chi connectivity index (χ1v) is 12.0. The molecule has 4 rings (SSSR count). The van der Waals surface area contributed by atoms with E-state index < -0.39 is 0 Å². The standard InChI is InChI=1S/C21H31BrO3S/c1-11(23)26-13-4-6-20(2)12(8-13)9-17(24)18-14(20)5-7-21(3)15(18)10-16(22)19(21)25/h12-18,24H,4-10H2,1-3H3/t12?,13-,14?,15?,16+,17?,18?,20-,21-/m0/s1. The number of alkyl halides is 1. The minimum atomic E-state index is -0.297. The number of hydrogen-bond donors (Lipinski definition) is 1. The second kappa shape index (κ2) is 6.59. The van der Waals surface area contributed by atoms with Crippen molar-refractivity contribution in [3.05, 3.63) is 0 Å². The number of carbonyl (C=O) groups is 2. The van der Waals surface area contributed by atoms with Crippen molar-refractivity contribution in [2.75, 3.05) is 0 Å². The van der Waals surface area contributed by atoms with Crippen LogP contribution < -0.4 is 0 Å². The summed E-state index contributed by atoms with van der Waals surface area (Å²) in [7, 11) is 0. The van der Waals surface area contributed by atoms with Crippen molar-refractivity contribution in [3.63, 3.8) is 0 Å². The first-order valence-electron chi connectivity index (χ1n) is 10.2. The van der Waals surface area contributed by atoms with E-state index in [9.17, 15) is 14.7 Å². The van der Waals surface area contributed by atoms with E-state index in [4.69, 9.17) is 0 Å². The number of aliphatic hydroxyl groups excluding tert-OH is 1. The summed E-state index contributed by atoms with van der Waals surface area (Å²) in [6, 6.07) is 0. The highest BCUT2D eigenvalue weighted by Crippen LogP contribution is 2.66. The van der Waals surface area contributed by atoms with E-state index in [1.54, 1.807) is 6.92 Å². The number of carbonyl (C=O) groups excluding carboxylic acids is 2. The van der Waals surface area contributed by atoms with E-state index in [0.717, 1.165) is 44.9 Å². The van der Waals surface area contributed by atoms with E-state index in [1.807, 2.05) is 0 Å². The molecule has 9 atom stereocenters. The van der Waals surface area contributed by atoms with Crippen LogP contribution in [0.3, 0.4) is 0 Å². The second-order valence-electron chi connectivity index (χ2n) is 9.83. The van der Waals surface area contributed by atoms with E-state index >= 15 is 0 Å². The van der Waals surface area contributed by atoms with E-state index in [2.05, 4.69) is 29.8 Å². The van der Waals surface area contributed by atoms with Gasteiger partial charge in [0.05, 0.1) is 10.9 Å². The maximum atomic E-state index is 12.8. The molecule has 4 aliphatic carbocycles. The van der Waals surface area contributed by atoms with Crippen LogP contribution in [0, 0.1) is 34.5 Å². The van der Waals surface area contributed by atoms with E-state index in [1.165, 1.54) is 11.8 Å². The lowest BCUT2D eigenvalue weighted by atomic mass is 9.44. The van der Waals surface area contributed by atoms with Crippen LogP contribution in [0.25, 0.3) is 0 Å². The molecule has 0 heterocycles. The van der Waals surface area contributed by atoms with Gasteiger partial charge in [0.15, 0.2) is 10.9 Å². The fourth-order valence-corrected chi connectivity index (χ4v) is 9.24. The van der Waals surface area contributed by atoms with Crippen molar-refractivity contribution in [2.24, 2.45) is 34.5 Å². The summed E-state index contributed by atoms with van der Waals surface area (Å²) in [5, 5.41) is 11.8. The van der Waals surface area contributed by atoms with Gasteiger partial charge in [-0.05, 0) is 74.0 Å². The van der Waals surface area contributed by atoms with Crippen LogP contribution in [0.5, 0.6) is 0 Å². The number of Topliss-reactive ketones (excluding diaryl/α,β-unsaturated/α-hetero) is 1. The lowest BCUT2D eigenvalue weighted by Gasteiger charge is -2.61. The lowest BCUT2D eigenvalue weighted by molar-refractivity contribution is -0.162. The molecule has 4 aliphatic rings. The summed E-state index contributed by atoms with van der Waals surface area (Å²) in [5.41, 5.74) is 0.00766. The molecule has 0 amide bonds. The monoisotopic (exact) mass is 442 g/mol. The Morgan fingerprint density at radius 3 is 2.58 bits per heavy atom. The first-order chi connectivity index (χ1) is 12.2. The van der Waals surface area contributed by atoms with Gasteiger partial charge in [0, 0.05) is 17.6 Å². The Labute approximate surface area is 169 Å². The van der Waals surface area contributed by atoms with Gasteiger partial charge >= 0.3 is 0 Å². The highest BCUT2D eigenvalue weighted by atomic mass is 79.9. The maximum Gasteiger partial charge on any atom is 0.186 e. The lowest BCUT2D eigenvalue weighted by Crippen LogP contribution is -2.58. The Bertz CT molecular complexity index is 624. The Hall–Kier alpha value is 0.130. The highest BCUT2D eigenvalue weighted by molar-refractivity contribution is 9.10. The zero-order valence-electron chi connectivity index (χ0n) is 16.0. The van der Waals surface area contributed by atoms with Gasteiger partial charge in [-0.2, -0.15) is 0 Å². The molecule has 0 aromatic carbocycles. The molecule has 0 bridgehead atoms. The Balaban J connectivity index is 1.60. The van der Waals surface area contributed by atoms with Crippen LogP contribution in [-0.4, -0.2) is 32.2 Å². The van der Waals surface area contributed by atoms with Gasteiger partial charge in [-0.15, -0.1) is 0 Å². The van der Waals surface area contributed by atoms with Gasteiger partial charge in [-0.1, -0.05) is 41.5 Å². The van der Waals surface area contributed by atoms with Crippen LogP contribution in [0.15, 0.2) is 0 Å². The fourth-order valence-electron chi connectivity index (χ4n) is 7.28. The smallest absolute Gasteiger partial charge is 0.186 e. The number of ketones is 1. The number of halogens is 1. The summed E-state index contributed by atoms with van der Waals surface area (Å²) in [4.78, 5) is 24.3. The van der Waals surface area contributed by atoms with Crippen LogP contribution >= 0.6 is 27.7 Å². The van der Waals surface area contributed by atoms with Gasteiger partial charge in [0.2, 0.25) is 0 Å². The molecule has 4 saturated carbocycles. The quantitative estimate of drug-likeness (QED) is 0.603. The van der Waals surface area contributed by atoms with Gasteiger partial charge < -0.3 is 5.11 Å². The third-order valence-electron chi connectivity index (χ3n) is 8.67. The summed E-state index contributed by atoms with van der Waals surface area (Å²) < 4.78 is 0. The van der Waals surface area contributed by atoms with E-state index in [0.29, 0.717) is 28.8 Å². The van der Waals surface area contributed by atoms with Crippen LogP contribution in [0.4, 0.5) is 0 Å². The largest absolute Gasteiger partial charge is 0.393 e. The van der Waals surface area contributed by atoms with Gasteiger partial charge in [0.25, 0.3) is 0 Å². The molecule has 0 aromatic rings. The molecule has 0 radical (unpaired) electrons. The summed E-state index contributed by atoms with van der Waals surface area (Å²) >= 11 is 5.12. The SMILES string of the molecule is CC(=O)S[C@H]1CC[C@@]2(C)C(CC(O)C3C2CC[C@]2(C)C(=O)[C@H](Br)CC32)C1. The van der Waals surface area contributed by atoms with Gasteiger partial charge in [-0.25, -0.2) is 0 Å².